The van der Waals surface area contributed by atoms with E-state index in [9.17, 15) is 4.79 Å². The lowest BCUT2D eigenvalue weighted by atomic mass is 9.97. The summed E-state index contributed by atoms with van der Waals surface area (Å²) < 4.78 is 0. The Bertz CT molecular complexity index is 376. The van der Waals surface area contributed by atoms with E-state index in [0.29, 0.717) is 17.7 Å². The molecule has 1 aliphatic carbocycles. The Labute approximate surface area is 122 Å². The van der Waals surface area contributed by atoms with Crippen LogP contribution in [0, 0.1) is 11.8 Å². The van der Waals surface area contributed by atoms with Gasteiger partial charge in [-0.1, -0.05) is 26.7 Å². The first kappa shape index (κ1) is 14.3. The molecule has 0 aromatic heterocycles. The SMILES string of the molecule is CC(C)C1NC2(CCCC2)C(=O)N1CC1CCN(C)C1. The van der Waals surface area contributed by atoms with Crippen molar-refractivity contribution in [3.8, 4) is 0 Å². The molecule has 3 fully saturated rings. The zero-order valence-corrected chi connectivity index (χ0v) is 13.2. The summed E-state index contributed by atoms with van der Waals surface area (Å²) in [4.78, 5) is 17.5. The molecule has 20 heavy (non-hydrogen) atoms. The maximum Gasteiger partial charge on any atom is 0.244 e. The summed E-state index contributed by atoms with van der Waals surface area (Å²) >= 11 is 0. The standard InChI is InChI=1S/C16H29N3O/c1-12(2)14-17-16(7-4-5-8-16)15(20)19(14)11-13-6-9-18(3)10-13/h12-14,17H,4-11H2,1-3H3. The first-order valence-corrected chi connectivity index (χ1v) is 8.29. The van der Waals surface area contributed by atoms with E-state index in [1.807, 2.05) is 0 Å². The molecule has 4 heteroatoms. The Morgan fingerprint density at radius 3 is 2.60 bits per heavy atom. The minimum atomic E-state index is -0.209. The van der Waals surface area contributed by atoms with Gasteiger partial charge in [-0.3, -0.25) is 10.1 Å². The lowest BCUT2D eigenvalue weighted by molar-refractivity contribution is -0.134. The fraction of sp³-hybridized carbons (Fsp3) is 0.938. The van der Waals surface area contributed by atoms with E-state index in [1.165, 1.54) is 25.8 Å². The summed E-state index contributed by atoms with van der Waals surface area (Å²) in [5.74, 6) is 1.53. The van der Waals surface area contributed by atoms with Crippen molar-refractivity contribution < 1.29 is 4.79 Å². The van der Waals surface area contributed by atoms with E-state index in [4.69, 9.17) is 0 Å². The van der Waals surface area contributed by atoms with Crippen molar-refractivity contribution in [2.75, 3.05) is 26.7 Å². The Kier molecular flexibility index (Phi) is 3.80. The van der Waals surface area contributed by atoms with Crippen molar-refractivity contribution in [2.45, 2.75) is 57.7 Å². The van der Waals surface area contributed by atoms with Gasteiger partial charge in [0.25, 0.3) is 0 Å². The normalized spacial score (nSPS) is 34.0. The van der Waals surface area contributed by atoms with E-state index >= 15 is 0 Å². The topological polar surface area (TPSA) is 35.6 Å². The molecule has 0 aromatic carbocycles. The van der Waals surface area contributed by atoms with Gasteiger partial charge in [-0.2, -0.15) is 0 Å². The molecule has 2 saturated heterocycles. The average Bonchev–Trinajstić information content (AvgIpc) is 3.08. The Balaban J connectivity index is 1.74. The minimum Gasteiger partial charge on any atom is -0.325 e. The van der Waals surface area contributed by atoms with Crippen LogP contribution in [0.15, 0.2) is 0 Å². The molecule has 1 N–H and O–H groups in total. The molecule has 0 aromatic rings. The van der Waals surface area contributed by atoms with Gasteiger partial charge in [0.05, 0.1) is 11.7 Å². The van der Waals surface area contributed by atoms with Crippen LogP contribution in [0.2, 0.25) is 0 Å². The van der Waals surface area contributed by atoms with E-state index < -0.39 is 0 Å². The highest BCUT2D eigenvalue weighted by Crippen LogP contribution is 2.38. The molecule has 3 aliphatic rings. The van der Waals surface area contributed by atoms with Gasteiger partial charge in [0.2, 0.25) is 5.91 Å². The molecule has 0 radical (unpaired) electrons. The van der Waals surface area contributed by atoms with Crippen molar-refractivity contribution in [1.82, 2.24) is 15.1 Å². The van der Waals surface area contributed by atoms with Gasteiger partial charge in [-0.05, 0) is 44.7 Å². The van der Waals surface area contributed by atoms with Crippen LogP contribution in [0.25, 0.3) is 0 Å². The monoisotopic (exact) mass is 279 g/mol. The molecular formula is C16H29N3O. The molecule has 114 valence electrons. The largest absolute Gasteiger partial charge is 0.325 e. The summed E-state index contributed by atoms with van der Waals surface area (Å²) in [5, 5.41) is 3.71. The van der Waals surface area contributed by atoms with Gasteiger partial charge in [0.1, 0.15) is 0 Å². The van der Waals surface area contributed by atoms with Gasteiger partial charge < -0.3 is 9.80 Å². The molecular weight excluding hydrogens is 250 g/mol. The number of nitrogens with zero attached hydrogens (tertiary/aromatic N) is 2. The first-order valence-electron chi connectivity index (χ1n) is 8.29. The number of hydrogen-bond acceptors (Lipinski definition) is 3. The number of likely N-dealkylation sites (tertiary alicyclic amines) is 1. The predicted molar refractivity (Wildman–Crippen MR) is 80.3 cm³/mol. The number of nitrogens with one attached hydrogen (secondary N) is 1. The number of rotatable bonds is 3. The summed E-state index contributed by atoms with van der Waals surface area (Å²) in [6, 6.07) is 0. The van der Waals surface area contributed by atoms with Crippen LogP contribution < -0.4 is 5.32 Å². The maximum atomic E-state index is 13.0. The summed E-state index contributed by atoms with van der Waals surface area (Å²) in [7, 11) is 2.18. The van der Waals surface area contributed by atoms with Crippen molar-refractivity contribution in [3.63, 3.8) is 0 Å². The molecule has 1 saturated carbocycles. The second-order valence-corrected chi connectivity index (χ2v) is 7.50. The van der Waals surface area contributed by atoms with Crippen molar-refractivity contribution in [2.24, 2.45) is 11.8 Å². The number of hydrogen-bond donors (Lipinski definition) is 1. The number of carbonyl (C=O) groups is 1. The zero-order valence-electron chi connectivity index (χ0n) is 13.2. The lowest BCUT2D eigenvalue weighted by Crippen LogP contribution is -2.45. The smallest absolute Gasteiger partial charge is 0.244 e. The van der Waals surface area contributed by atoms with Gasteiger partial charge in [-0.25, -0.2) is 0 Å². The van der Waals surface area contributed by atoms with Crippen LogP contribution in [0.5, 0.6) is 0 Å². The Hall–Kier alpha value is -0.610. The molecule has 1 amide bonds. The second kappa shape index (κ2) is 5.30. The lowest BCUT2D eigenvalue weighted by Gasteiger charge is -2.29. The van der Waals surface area contributed by atoms with Gasteiger partial charge >= 0.3 is 0 Å². The van der Waals surface area contributed by atoms with Gasteiger partial charge in [0, 0.05) is 13.1 Å². The molecule has 2 atom stereocenters. The van der Waals surface area contributed by atoms with E-state index in [2.05, 4.69) is 36.0 Å². The molecule has 4 nitrogen and oxygen atoms in total. The first-order chi connectivity index (χ1) is 9.52. The van der Waals surface area contributed by atoms with Crippen LogP contribution in [-0.2, 0) is 4.79 Å². The second-order valence-electron chi connectivity index (χ2n) is 7.50. The van der Waals surface area contributed by atoms with E-state index in [0.717, 1.165) is 25.9 Å². The van der Waals surface area contributed by atoms with Crippen LogP contribution in [0.1, 0.15) is 46.0 Å². The van der Waals surface area contributed by atoms with E-state index in [1.54, 1.807) is 0 Å². The third-order valence-corrected chi connectivity index (χ3v) is 5.46. The molecule has 2 aliphatic heterocycles. The minimum absolute atomic E-state index is 0.209. The molecule has 3 rings (SSSR count). The highest BCUT2D eigenvalue weighted by molar-refractivity contribution is 5.89. The maximum absolute atomic E-state index is 13.0. The van der Waals surface area contributed by atoms with Crippen LogP contribution in [0.3, 0.4) is 0 Å². The molecule has 2 heterocycles. The van der Waals surface area contributed by atoms with Crippen molar-refractivity contribution >= 4 is 5.91 Å². The zero-order chi connectivity index (χ0) is 14.3. The molecule has 0 bridgehead atoms. The van der Waals surface area contributed by atoms with Crippen LogP contribution in [0.4, 0.5) is 0 Å². The summed E-state index contributed by atoms with van der Waals surface area (Å²) in [5.41, 5.74) is -0.209. The quantitative estimate of drug-likeness (QED) is 0.853. The summed E-state index contributed by atoms with van der Waals surface area (Å²) in [6.07, 6.45) is 5.95. The fourth-order valence-corrected chi connectivity index (χ4v) is 4.34. The average molecular weight is 279 g/mol. The summed E-state index contributed by atoms with van der Waals surface area (Å²) in [6.45, 7) is 7.72. The Morgan fingerprint density at radius 1 is 1.35 bits per heavy atom. The highest BCUT2D eigenvalue weighted by Gasteiger charge is 2.53. The van der Waals surface area contributed by atoms with Crippen LogP contribution >= 0.6 is 0 Å². The van der Waals surface area contributed by atoms with E-state index in [-0.39, 0.29) is 11.7 Å². The van der Waals surface area contributed by atoms with Crippen molar-refractivity contribution in [1.29, 1.82) is 0 Å². The third kappa shape index (κ3) is 2.37. The number of amides is 1. The van der Waals surface area contributed by atoms with Crippen LogP contribution in [-0.4, -0.2) is 54.1 Å². The fourth-order valence-electron chi connectivity index (χ4n) is 4.34. The molecule has 2 unspecified atom stereocenters. The molecule has 1 spiro atoms. The van der Waals surface area contributed by atoms with Crippen molar-refractivity contribution in [3.05, 3.63) is 0 Å². The number of carbonyl (C=O) groups excluding carboxylic acids is 1. The Morgan fingerprint density at radius 2 is 2.05 bits per heavy atom. The third-order valence-electron chi connectivity index (χ3n) is 5.46. The van der Waals surface area contributed by atoms with Gasteiger partial charge in [-0.15, -0.1) is 0 Å². The highest BCUT2D eigenvalue weighted by atomic mass is 16.2. The van der Waals surface area contributed by atoms with Gasteiger partial charge in [0.15, 0.2) is 0 Å². The predicted octanol–water partition coefficient (Wildman–Crippen LogP) is 1.66.